The van der Waals surface area contributed by atoms with E-state index in [2.05, 4.69) is 45.2 Å². The van der Waals surface area contributed by atoms with Gasteiger partial charge >= 0.3 is 0 Å². The quantitative estimate of drug-likeness (QED) is 0.707. The van der Waals surface area contributed by atoms with Gasteiger partial charge < -0.3 is 0 Å². The van der Waals surface area contributed by atoms with Gasteiger partial charge in [0.2, 0.25) is 0 Å². The molecule has 0 aromatic rings. The molecule has 0 aromatic heterocycles. The Balaban J connectivity index is 2.54. The van der Waals surface area contributed by atoms with Crippen LogP contribution in [0.5, 0.6) is 0 Å². The van der Waals surface area contributed by atoms with Crippen molar-refractivity contribution in [2.45, 2.75) is 63.7 Å². The van der Waals surface area contributed by atoms with Crippen molar-refractivity contribution in [3.63, 3.8) is 0 Å². The number of thiol groups is 1. The van der Waals surface area contributed by atoms with Crippen molar-refractivity contribution >= 4 is 12.6 Å². The molecule has 1 aliphatic rings. The minimum Gasteiger partial charge on any atom is -0.298 e. The lowest BCUT2D eigenvalue weighted by Crippen LogP contribution is -2.49. The maximum Gasteiger partial charge on any atom is 0.0166 e. The summed E-state index contributed by atoms with van der Waals surface area (Å²) >= 11 is 4.64. The van der Waals surface area contributed by atoms with Gasteiger partial charge in [-0.3, -0.25) is 4.90 Å². The fourth-order valence-corrected chi connectivity index (χ4v) is 3.06. The highest BCUT2D eigenvalue weighted by atomic mass is 32.1. The predicted molar refractivity (Wildman–Crippen MR) is 67.2 cm³/mol. The first-order valence-electron chi connectivity index (χ1n) is 5.79. The second-order valence-electron chi connectivity index (χ2n) is 5.85. The van der Waals surface area contributed by atoms with Gasteiger partial charge in [0.1, 0.15) is 0 Å². The third-order valence-corrected chi connectivity index (χ3v) is 3.24. The number of hydrogen-bond donors (Lipinski definition) is 1. The standard InChI is InChI=1S/C12H25NS/c1-11(2,10-12(3,4)14)13-8-6-5-7-9-13/h14H,5-10H2,1-4H3. The van der Waals surface area contributed by atoms with E-state index in [0.29, 0.717) is 5.54 Å². The van der Waals surface area contributed by atoms with E-state index in [9.17, 15) is 0 Å². The Hall–Kier alpha value is 0.310. The average Bonchev–Trinajstić information content (AvgIpc) is 2.01. The van der Waals surface area contributed by atoms with Crippen LogP contribution in [0.15, 0.2) is 0 Å². The molecule has 14 heavy (non-hydrogen) atoms. The van der Waals surface area contributed by atoms with E-state index in [1.54, 1.807) is 0 Å². The van der Waals surface area contributed by atoms with Crippen LogP contribution >= 0.6 is 12.6 Å². The molecule has 1 heterocycles. The molecule has 0 spiro atoms. The number of piperidine rings is 1. The summed E-state index contributed by atoms with van der Waals surface area (Å²) in [6, 6.07) is 0. The molecule has 1 saturated heterocycles. The first kappa shape index (κ1) is 12.4. The average molecular weight is 215 g/mol. The summed E-state index contributed by atoms with van der Waals surface area (Å²) in [5.41, 5.74) is 0.311. The molecule has 0 atom stereocenters. The highest BCUT2D eigenvalue weighted by molar-refractivity contribution is 7.81. The van der Waals surface area contributed by atoms with Crippen molar-refractivity contribution in [2.24, 2.45) is 0 Å². The number of rotatable bonds is 3. The largest absolute Gasteiger partial charge is 0.298 e. The molecular formula is C12H25NS. The van der Waals surface area contributed by atoms with Crippen LogP contribution in [0.4, 0.5) is 0 Å². The molecule has 0 unspecified atom stereocenters. The van der Waals surface area contributed by atoms with Crippen molar-refractivity contribution in [1.29, 1.82) is 0 Å². The van der Waals surface area contributed by atoms with E-state index in [-0.39, 0.29) is 4.75 Å². The molecule has 1 fully saturated rings. The summed E-state index contributed by atoms with van der Waals surface area (Å²) in [6.07, 6.45) is 5.31. The van der Waals surface area contributed by atoms with Crippen molar-refractivity contribution in [2.75, 3.05) is 13.1 Å². The van der Waals surface area contributed by atoms with Gasteiger partial charge in [0.15, 0.2) is 0 Å². The highest BCUT2D eigenvalue weighted by Crippen LogP contribution is 2.31. The molecular weight excluding hydrogens is 190 g/mol. The Kier molecular flexibility index (Phi) is 3.93. The van der Waals surface area contributed by atoms with Crippen LogP contribution in [-0.4, -0.2) is 28.3 Å². The van der Waals surface area contributed by atoms with Gasteiger partial charge in [-0.15, -0.1) is 0 Å². The molecule has 1 rings (SSSR count). The zero-order valence-corrected chi connectivity index (χ0v) is 11.0. The van der Waals surface area contributed by atoms with Gasteiger partial charge in [-0.2, -0.15) is 12.6 Å². The third kappa shape index (κ3) is 3.82. The molecule has 2 heteroatoms. The first-order valence-corrected chi connectivity index (χ1v) is 6.23. The van der Waals surface area contributed by atoms with Crippen molar-refractivity contribution in [3.05, 3.63) is 0 Å². The summed E-state index contributed by atoms with van der Waals surface area (Å²) in [7, 11) is 0. The summed E-state index contributed by atoms with van der Waals surface area (Å²) in [4.78, 5) is 2.63. The minimum absolute atomic E-state index is 0.140. The van der Waals surface area contributed by atoms with Crippen LogP contribution in [0.1, 0.15) is 53.4 Å². The maximum atomic E-state index is 4.64. The Morgan fingerprint density at radius 3 is 1.93 bits per heavy atom. The smallest absolute Gasteiger partial charge is 0.0166 e. The number of nitrogens with zero attached hydrogens (tertiary/aromatic N) is 1. The molecule has 0 bridgehead atoms. The molecule has 0 N–H and O–H groups in total. The van der Waals surface area contributed by atoms with E-state index >= 15 is 0 Å². The van der Waals surface area contributed by atoms with Crippen molar-refractivity contribution < 1.29 is 0 Å². The lowest BCUT2D eigenvalue weighted by Gasteiger charge is -2.44. The SMILES string of the molecule is CC(C)(S)CC(C)(C)N1CCCCC1. The van der Waals surface area contributed by atoms with Gasteiger partial charge in [-0.25, -0.2) is 0 Å². The molecule has 1 nitrogen and oxygen atoms in total. The normalized spacial score (nSPS) is 21.2. The Morgan fingerprint density at radius 1 is 1.00 bits per heavy atom. The number of hydrogen-bond acceptors (Lipinski definition) is 2. The van der Waals surface area contributed by atoms with Crippen LogP contribution in [-0.2, 0) is 0 Å². The molecule has 0 radical (unpaired) electrons. The first-order chi connectivity index (χ1) is 6.31. The lowest BCUT2D eigenvalue weighted by molar-refractivity contribution is 0.0817. The lowest BCUT2D eigenvalue weighted by atomic mass is 9.88. The van der Waals surface area contributed by atoms with Gasteiger partial charge in [0.05, 0.1) is 0 Å². The van der Waals surface area contributed by atoms with E-state index in [1.807, 2.05) is 0 Å². The summed E-state index contributed by atoms with van der Waals surface area (Å²) in [6.45, 7) is 11.7. The Bertz CT molecular complexity index is 175. The van der Waals surface area contributed by atoms with Crippen molar-refractivity contribution in [1.82, 2.24) is 4.90 Å². The second-order valence-corrected chi connectivity index (χ2v) is 7.06. The van der Waals surface area contributed by atoms with Crippen LogP contribution in [0.3, 0.4) is 0 Å². The molecule has 0 saturated carbocycles. The summed E-state index contributed by atoms with van der Waals surface area (Å²) < 4.78 is 0.140. The van der Waals surface area contributed by atoms with Gasteiger partial charge in [0, 0.05) is 10.3 Å². The monoisotopic (exact) mass is 215 g/mol. The molecule has 1 aliphatic heterocycles. The second kappa shape index (κ2) is 4.44. The van der Waals surface area contributed by atoms with Crippen LogP contribution < -0.4 is 0 Å². The fourth-order valence-electron chi connectivity index (χ4n) is 2.67. The highest BCUT2D eigenvalue weighted by Gasteiger charge is 2.32. The van der Waals surface area contributed by atoms with E-state index in [1.165, 1.54) is 32.4 Å². The third-order valence-electron chi connectivity index (χ3n) is 3.08. The van der Waals surface area contributed by atoms with E-state index in [4.69, 9.17) is 0 Å². The fraction of sp³-hybridized carbons (Fsp3) is 1.00. The maximum absolute atomic E-state index is 4.64. The Labute approximate surface area is 94.7 Å². The zero-order chi connectivity index (χ0) is 10.8. The molecule has 0 aliphatic carbocycles. The minimum atomic E-state index is 0.140. The van der Waals surface area contributed by atoms with Crippen LogP contribution in [0.25, 0.3) is 0 Å². The van der Waals surface area contributed by atoms with Crippen LogP contribution in [0, 0.1) is 0 Å². The molecule has 84 valence electrons. The molecule has 0 amide bonds. The van der Waals surface area contributed by atoms with E-state index < -0.39 is 0 Å². The molecule has 0 aromatic carbocycles. The van der Waals surface area contributed by atoms with Gasteiger partial charge in [-0.1, -0.05) is 20.3 Å². The topological polar surface area (TPSA) is 3.24 Å². The van der Waals surface area contributed by atoms with Gasteiger partial charge in [-0.05, 0) is 46.2 Å². The van der Waals surface area contributed by atoms with Crippen LogP contribution in [0.2, 0.25) is 0 Å². The summed E-state index contributed by atoms with van der Waals surface area (Å²) in [5, 5.41) is 0. The predicted octanol–water partition coefficient (Wildman–Crippen LogP) is 3.35. The van der Waals surface area contributed by atoms with Gasteiger partial charge in [0.25, 0.3) is 0 Å². The van der Waals surface area contributed by atoms with Crippen molar-refractivity contribution in [3.8, 4) is 0 Å². The summed E-state index contributed by atoms with van der Waals surface area (Å²) in [5.74, 6) is 0. The Morgan fingerprint density at radius 2 is 1.50 bits per heavy atom. The zero-order valence-electron chi connectivity index (χ0n) is 10.1. The van der Waals surface area contributed by atoms with E-state index in [0.717, 1.165) is 6.42 Å². The number of likely N-dealkylation sites (tertiary alicyclic amines) is 1.